The van der Waals surface area contributed by atoms with Gasteiger partial charge >= 0.3 is 12.1 Å². The van der Waals surface area contributed by atoms with Crippen molar-refractivity contribution in [1.29, 1.82) is 0 Å². The summed E-state index contributed by atoms with van der Waals surface area (Å²) in [4.78, 5) is 39.6. The summed E-state index contributed by atoms with van der Waals surface area (Å²) < 4.78 is 5.55. The number of amides is 2. The Labute approximate surface area is 201 Å². The summed E-state index contributed by atoms with van der Waals surface area (Å²) in [6, 6.07) is 17.1. The van der Waals surface area contributed by atoms with Crippen LogP contribution in [0.5, 0.6) is 0 Å². The van der Waals surface area contributed by atoms with Crippen molar-refractivity contribution < 1.29 is 24.2 Å². The molecule has 1 aliphatic heterocycles. The highest BCUT2D eigenvalue weighted by Crippen LogP contribution is 2.44. The highest BCUT2D eigenvalue weighted by atomic mass is 32.1. The number of carboxylic acids is 1. The van der Waals surface area contributed by atoms with E-state index < -0.39 is 18.1 Å². The fraction of sp³-hybridized carbons (Fsp3) is 0.269. The van der Waals surface area contributed by atoms with Crippen LogP contribution in [0.3, 0.4) is 0 Å². The highest BCUT2D eigenvalue weighted by molar-refractivity contribution is 7.14. The third-order valence-corrected chi connectivity index (χ3v) is 7.66. The molecule has 0 saturated heterocycles. The number of nitrogens with zero attached hydrogens (tertiary/aromatic N) is 1. The second kappa shape index (κ2) is 8.95. The normalized spacial score (nSPS) is 15.1. The fourth-order valence-corrected chi connectivity index (χ4v) is 5.78. The first-order valence-electron chi connectivity index (χ1n) is 11.2. The molecule has 2 aromatic carbocycles. The van der Waals surface area contributed by atoms with Crippen molar-refractivity contribution >= 4 is 29.3 Å². The maximum Gasteiger partial charge on any atom is 0.407 e. The average Bonchev–Trinajstić information content (AvgIpc) is 3.41. The number of alkyl carbamates (subject to hydrolysis) is 1. The van der Waals surface area contributed by atoms with Crippen LogP contribution >= 0.6 is 11.3 Å². The van der Waals surface area contributed by atoms with Crippen LogP contribution in [0, 0.1) is 0 Å². The highest BCUT2D eigenvalue weighted by Gasteiger charge is 2.31. The van der Waals surface area contributed by atoms with Crippen molar-refractivity contribution in [2.75, 3.05) is 13.2 Å². The topological polar surface area (TPSA) is 95.9 Å². The second-order valence-electron chi connectivity index (χ2n) is 8.57. The van der Waals surface area contributed by atoms with E-state index in [9.17, 15) is 19.5 Å². The van der Waals surface area contributed by atoms with E-state index >= 15 is 0 Å². The van der Waals surface area contributed by atoms with Crippen molar-refractivity contribution in [3.8, 4) is 11.1 Å². The van der Waals surface area contributed by atoms with Gasteiger partial charge in [-0.2, -0.15) is 0 Å². The Kier molecular flexibility index (Phi) is 5.83. The molecule has 0 unspecified atom stereocenters. The van der Waals surface area contributed by atoms with E-state index in [1.807, 2.05) is 24.3 Å². The van der Waals surface area contributed by atoms with Gasteiger partial charge in [-0.15, -0.1) is 11.3 Å². The van der Waals surface area contributed by atoms with Gasteiger partial charge in [0.25, 0.3) is 0 Å². The molecule has 174 valence electrons. The minimum Gasteiger partial charge on any atom is -0.477 e. The number of fused-ring (bicyclic) bond motifs is 4. The molecule has 3 aromatic rings. The minimum absolute atomic E-state index is 0.0494. The fourth-order valence-electron chi connectivity index (χ4n) is 4.78. The summed E-state index contributed by atoms with van der Waals surface area (Å²) in [5.74, 6) is -1.23. The molecule has 0 radical (unpaired) electrons. The molecule has 8 heteroatoms. The van der Waals surface area contributed by atoms with Gasteiger partial charge in [-0.25, -0.2) is 9.59 Å². The summed E-state index contributed by atoms with van der Waals surface area (Å²) in [5, 5.41) is 11.9. The monoisotopic (exact) mass is 476 g/mol. The van der Waals surface area contributed by atoms with Crippen molar-refractivity contribution in [1.82, 2.24) is 10.2 Å². The number of carboxylic acid groups (broad SMARTS) is 1. The van der Waals surface area contributed by atoms with Crippen molar-refractivity contribution in [3.05, 3.63) is 81.0 Å². The minimum atomic E-state index is -0.956. The standard InChI is InChI=1S/C26H24N2O5S/c1-15(24(29)28-11-10-22-16(13-28)12-23(34-22)25(30)31)27-26(32)33-14-21-19-8-4-2-6-17(19)18-7-3-5-9-20(18)21/h2-9,12,15,21H,10-11,13-14H2,1H3,(H,27,32)(H,30,31)/t15-/m1/s1. The molecule has 0 spiro atoms. The third kappa shape index (κ3) is 4.05. The van der Waals surface area contributed by atoms with Gasteiger partial charge in [-0.05, 0) is 47.2 Å². The lowest BCUT2D eigenvalue weighted by molar-refractivity contribution is -0.133. The van der Waals surface area contributed by atoms with E-state index in [1.165, 1.54) is 11.3 Å². The largest absolute Gasteiger partial charge is 0.477 e. The number of carbonyl (C=O) groups is 3. The molecule has 1 aromatic heterocycles. The number of rotatable bonds is 5. The molecule has 1 atom stereocenters. The zero-order chi connectivity index (χ0) is 23.8. The van der Waals surface area contributed by atoms with Crippen LogP contribution in [0.25, 0.3) is 11.1 Å². The number of carbonyl (C=O) groups excluding carboxylic acids is 2. The second-order valence-corrected chi connectivity index (χ2v) is 9.70. The molecular formula is C26H24N2O5S. The Balaban J connectivity index is 1.19. The summed E-state index contributed by atoms with van der Waals surface area (Å²) >= 11 is 1.26. The van der Waals surface area contributed by atoms with E-state index in [0.29, 0.717) is 19.5 Å². The van der Waals surface area contributed by atoms with E-state index in [-0.39, 0.29) is 23.3 Å². The summed E-state index contributed by atoms with van der Waals surface area (Å²) in [5.41, 5.74) is 5.41. The summed E-state index contributed by atoms with van der Waals surface area (Å²) in [7, 11) is 0. The van der Waals surface area contributed by atoms with E-state index in [0.717, 1.165) is 32.7 Å². The number of benzene rings is 2. The lowest BCUT2D eigenvalue weighted by Gasteiger charge is -2.29. The lowest BCUT2D eigenvalue weighted by atomic mass is 9.98. The predicted octanol–water partition coefficient (Wildman–Crippen LogP) is 4.26. The Morgan fingerprint density at radius 2 is 1.76 bits per heavy atom. The van der Waals surface area contributed by atoms with Gasteiger partial charge in [0.2, 0.25) is 5.91 Å². The van der Waals surface area contributed by atoms with Crippen LogP contribution in [-0.2, 0) is 22.5 Å². The quantitative estimate of drug-likeness (QED) is 0.574. The maximum absolute atomic E-state index is 12.9. The van der Waals surface area contributed by atoms with Crippen LogP contribution in [0.2, 0.25) is 0 Å². The van der Waals surface area contributed by atoms with Crippen molar-refractivity contribution in [2.24, 2.45) is 0 Å². The molecule has 0 fully saturated rings. The van der Waals surface area contributed by atoms with Crippen molar-refractivity contribution in [2.45, 2.75) is 31.8 Å². The third-order valence-electron chi connectivity index (χ3n) is 6.44. The zero-order valence-electron chi connectivity index (χ0n) is 18.6. The van der Waals surface area contributed by atoms with Gasteiger partial charge in [0.15, 0.2) is 0 Å². The average molecular weight is 477 g/mol. The molecule has 0 saturated carbocycles. The molecule has 5 rings (SSSR count). The molecule has 2 N–H and O–H groups in total. The first kappa shape index (κ1) is 22.2. The number of nitrogens with one attached hydrogen (secondary N) is 1. The van der Waals surface area contributed by atoms with Crippen molar-refractivity contribution in [3.63, 3.8) is 0 Å². The Hall–Kier alpha value is -3.65. The van der Waals surface area contributed by atoms with Crippen LogP contribution in [0.1, 0.15) is 44.1 Å². The number of aromatic carboxylic acids is 1. The molecule has 2 amide bonds. The van der Waals surface area contributed by atoms with Crippen LogP contribution in [-0.4, -0.2) is 47.2 Å². The Bertz CT molecular complexity index is 1240. The van der Waals surface area contributed by atoms with Gasteiger partial charge in [-0.1, -0.05) is 48.5 Å². The number of hydrogen-bond acceptors (Lipinski definition) is 5. The van der Waals surface area contributed by atoms with Gasteiger partial charge in [0.1, 0.15) is 17.5 Å². The van der Waals surface area contributed by atoms with Gasteiger partial charge in [0, 0.05) is 23.9 Å². The summed E-state index contributed by atoms with van der Waals surface area (Å²) in [6.45, 7) is 2.65. The molecule has 1 aliphatic carbocycles. The molecule has 34 heavy (non-hydrogen) atoms. The number of ether oxygens (including phenoxy) is 1. The maximum atomic E-state index is 12.9. The first-order chi connectivity index (χ1) is 16.4. The lowest BCUT2D eigenvalue weighted by Crippen LogP contribution is -2.48. The molecule has 2 heterocycles. The smallest absolute Gasteiger partial charge is 0.407 e. The SMILES string of the molecule is C[C@@H](NC(=O)OCC1c2ccccc2-c2ccccc21)C(=O)N1CCc2sc(C(=O)O)cc2C1. The van der Waals surface area contributed by atoms with E-state index in [2.05, 4.69) is 29.6 Å². The number of thiophene rings is 1. The van der Waals surface area contributed by atoms with Crippen LogP contribution in [0.15, 0.2) is 54.6 Å². The Morgan fingerprint density at radius 1 is 1.12 bits per heavy atom. The number of hydrogen-bond donors (Lipinski definition) is 2. The van der Waals surface area contributed by atoms with Crippen LogP contribution < -0.4 is 5.32 Å². The predicted molar refractivity (Wildman–Crippen MR) is 128 cm³/mol. The van der Waals surface area contributed by atoms with Crippen LogP contribution in [0.4, 0.5) is 4.79 Å². The van der Waals surface area contributed by atoms with E-state index in [1.54, 1.807) is 17.9 Å². The van der Waals surface area contributed by atoms with E-state index in [4.69, 9.17) is 4.74 Å². The molecule has 0 bridgehead atoms. The molecule has 7 nitrogen and oxygen atoms in total. The summed E-state index contributed by atoms with van der Waals surface area (Å²) in [6.07, 6.45) is -0.0273. The zero-order valence-corrected chi connectivity index (χ0v) is 19.4. The Morgan fingerprint density at radius 3 is 2.41 bits per heavy atom. The van der Waals surface area contributed by atoms with Gasteiger partial charge in [0.05, 0.1) is 0 Å². The molecular weight excluding hydrogens is 452 g/mol. The first-order valence-corrected chi connectivity index (χ1v) is 12.0. The van der Waals surface area contributed by atoms with Gasteiger partial charge < -0.3 is 20.1 Å². The van der Waals surface area contributed by atoms with Gasteiger partial charge in [-0.3, -0.25) is 4.79 Å². The molecule has 2 aliphatic rings.